The normalized spacial score (nSPS) is 17.1. The molecule has 1 unspecified atom stereocenters. The number of nitrogens with one attached hydrogen (secondary N) is 1. The molecule has 1 aliphatic rings. The molecule has 1 fully saturated rings. The standard InChI is InChI=1S/C21H30N2O6/c1-14(2)12-23(9-7-19(24)25)21(28)22-18(20(26)27)11-15-3-5-16(6-4-15)17-8-10-29-13-17/h3-6,14,17-18H,7-13H2,1-2H3,(H,22,28)(H,24,25)(H,26,27)/t17?,18-/m0/s1. The van der Waals surface area contributed by atoms with Crippen molar-refractivity contribution in [2.45, 2.75) is 45.1 Å². The van der Waals surface area contributed by atoms with Gasteiger partial charge < -0.3 is 25.2 Å². The zero-order chi connectivity index (χ0) is 21.4. The first-order chi connectivity index (χ1) is 13.8. The van der Waals surface area contributed by atoms with Crippen LogP contribution in [-0.4, -0.2) is 65.4 Å². The molecule has 1 heterocycles. The fourth-order valence-electron chi connectivity index (χ4n) is 3.35. The first-order valence-electron chi connectivity index (χ1n) is 9.93. The van der Waals surface area contributed by atoms with E-state index >= 15 is 0 Å². The Morgan fingerprint density at radius 1 is 1.21 bits per heavy atom. The molecule has 1 aromatic carbocycles. The van der Waals surface area contributed by atoms with E-state index in [0.29, 0.717) is 19.1 Å². The van der Waals surface area contributed by atoms with E-state index in [9.17, 15) is 19.5 Å². The van der Waals surface area contributed by atoms with Gasteiger partial charge in [0.15, 0.2) is 0 Å². The molecule has 0 saturated carbocycles. The lowest BCUT2D eigenvalue weighted by molar-refractivity contribution is -0.139. The highest BCUT2D eigenvalue weighted by Gasteiger charge is 2.25. The van der Waals surface area contributed by atoms with Crippen molar-refractivity contribution in [2.24, 2.45) is 5.92 Å². The van der Waals surface area contributed by atoms with Crippen molar-refractivity contribution in [3.63, 3.8) is 0 Å². The van der Waals surface area contributed by atoms with E-state index in [1.807, 2.05) is 38.1 Å². The Hall–Kier alpha value is -2.61. The lowest BCUT2D eigenvalue weighted by Crippen LogP contribution is -2.50. The molecular formula is C21H30N2O6. The molecule has 0 spiro atoms. The van der Waals surface area contributed by atoms with Crippen LogP contribution in [-0.2, 0) is 20.7 Å². The predicted molar refractivity (Wildman–Crippen MR) is 107 cm³/mol. The second-order valence-electron chi connectivity index (χ2n) is 7.83. The van der Waals surface area contributed by atoms with Crippen LogP contribution in [0.3, 0.4) is 0 Å². The number of rotatable bonds is 10. The molecule has 160 valence electrons. The van der Waals surface area contributed by atoms with Crippen molar-refractivity contribution in [2.75, 3.05) is 26.3 Å². The molecule has 0 bridgehead atoms. The van der Waals surface area contributed by atoms with Gasteiger partial charge in [-0.05, 0) is 23.5 Å². The number of carboxylic acid groups (broad SMARTS) is 2. The SMILES string of the molecule is CC(C)CN(CCC(=O)O)C(=O)N[C@@H](Cc1ccc(C2CCOC2)cc1)C(=O)O. The fraction of sp³-hybridized carbons (Fsp3) is 0.571. The number of benzene rings is 1. The Morgan fingerprint density at radius 3 is 2.41 bits per heavy atom. The molecule has 8 heteroatoms. The number of carbonyl (C=O) groups excluding carboxylic acids is 1. The van der Waals surface area contributed by atoms with Gasteiger partial charge in [-0.1, -0.05) is 38.1 Å². The van der Waals surface area contributed by atoms with E-state index in [0.717, 1.165) is 18.6 Å². The molecule has 1 aromatic rings. The molecule has 2 atom stereocenters. The number of carboxylic acids is 2. The second-order valence-corrected chi connectivity index (χ2v) is 7.83. The van der Waals surface area contributed by atoms with Crippen molar-refractivity contribution in [3.05, 3.63) is 35.4 Å². The van der Waals surface area contributed by atoms with E-state index in [1.165, 1.54) is 10.5 Å². The monoisotopic (exact) mass is 406 g/mol. The minimum Gasteiger partial charge on any atom is -0.481 e. The topological polar surface area (TPSA) is 116 Å². The molecule has 0 radical (unpaired) electrons. The smallest absolute Gasteiger partial charge is 0.326 e. The lowest BCUT2D eigenvalue weighted by Gasteiger charge is -2.26. The molecule has 0 aliphatic carbocycles. The van der Waals surface area contributed by atoms with Crippen LogP contribution in [0.15, 0.2) is 24.3 Å². The number of urea groups is 1. The van der Waals surface area contributed by atoms with Gasteiger partial charge in [-0.15, -0.1) is 0 Å². The van der Waals surface area contributed by atoms with Gasteiger partial charge in [0, 0.05) is 32.0 Å². The summed E-state index contributed by atoms with van der Waals surface area (Å²) in [6.45, 7) is 5.66. The van der Waals surface area contributed by atoms with Crippen molar-refractivity contribution in [1.82, 2.24) is 10.2 Å². The summed E-state index contributed by atoms with van der Waals surface area (Å²) < 4.78 is 5.40. The Morgan fingerprint density at radius 2 is 1.90 bits per heavy atom. The van der Waals surface area contributed by atoms with Crippen molar-refractivity contribution < 1.29 is 29.3 Å². The molecular weight excluding hydrogens is 376 g/mol. The maximum absolute atomic E-state index is 12.6. The minimum atomic E-state index is -1.13. The first-order valence-corrected chi connectivity index (χ1v) is 9.93. The Bertz CT molecular complexity index is 698. The van der Waals surface area contributed by atoms with Gasteiger partial charge >= 0.3 is 18.0 Å². The molecule has 2 amide bonds. The van der Waals surface area contributed by atoms with Gasteiger partial charge in [0.25, 0.3) is 0 Å². The van der Waals surface area contributed by atoms with Crippen molar-refractivity contribution in [1.29, 1.82) is 0 Å². The first kappa shape index (κ1) is 22.7. The summed E-state index contributed by atoms with van der Waals surface area (Å²) in [5.41, 5.74) is 1.97. The average molecular weight is 406 g/mol. The molecule has 8 nitrogen and oxygen atoms in total. The number of carbonyl (C=O) groups is 3. The molecule has 29 heavy (non-hydrogen) atoms. The van der Waals surface area contributed by atoms with Gasteiger partial charge in [0.1, 0.15) is 6.04 Å². The number of nitrogens with zero attached hydrogens (tertiary/aromatic N) is 1. The van der Waals surface area contributed by atoms with Crippen LogP contribution in [0.1, 0.15) is 43.7 Å². The van der Waals surface area contributed by atoms with E-state index in [2.05, 4.69) is 5.32 Å². The Balaban J connectivity index is 2.00. The average Bonchev–Trinajstić information content (AvgIpc) is 3.19. The molecule has 0 aromatic heterocycles. The van der Waals surface area contributed by atoms with E-state index in [1.54, 1.807) is 0 Å². The number of hydrogen-bond donors (Lipinski definition) is 3. The summed E-state index contributed by atoms with van der Waals surface area (Å²) in [6, 6.07) is 6.06. The summed E-state index contributed by atoms with van der Waals surface area (Å²) in [5, 5.41) is 21.0. The van der Waals surface area contributed by atoms with Crippen LogP contribution < -0.4 is 5.32 Å². The zero-order valence-electron chi connectivity index (χ0n) is 17.0. The van der Waals surface area contributed by atoms with Crippen LogP contribution in [0.2, 0.25) is 0 Å². The highest BCUT2D eigenvalue weighted by molar-refractivity contribution is 5.83. The van der Waals surface area contributed by atoms with Crippen LogP contribution in [0.4, 0.5) is 4.79 Å². The van der Waals surface area contributed by atoms with Crippen molar-refractivity contribution >= 4 is 18.0 Å². The number of aliphatic carboxylic acids is 2. The summed E-state index contributed by atoms with van der Waals surface area (Å²) in [6.07, 6.45) is 0.941. The largest absolute Gasteiger partial charge is 0.481 e. The maximum Gasteiger partial charge on any atom is 0.326 e. The maximum atomic E-state index is 12.6. The predicted octanol–water partition coefficient (Wildman–Crippen LogP) is 2.33. The highest BCUT2D eigenvalue weighted by atomic mass is 16.5. The molecule has 3 N–H and O–H groups in total. The summed E-state index contributed by atoms with van der Waals surface area (Å²) >= 11 is 0. The molecule has 2 rings (SSSR count). The third-order valence-electron chi connectivity index (χ3n) is 4.88. The Kier molecular flexibility index (Phi) is 8.45. The fourth-order valence-corrected chi connectivity index (χ4v) is 3.35. The molecule has 1 saturated heterocycles. The van der Waals surface area contributed by atoms with Crippen LogP contribution in [0, 0.1) is 5.92 Å². The van der Waals surface area contributed by atoms with Gasteiger partial charge in [0.2, 0.25) is 0 Å². The zero-order valence-corrected chi connectivity index (χ0v) is 17.0. The van der Waals surface area contributed by atoms with Gasteiger partial charge in [-0.3, -0.25) is 4.79 Å². The number of amides is 2. The third kappa shape index (κ3) is 7.38. The van der Waals surface area contributed by atoms with Gasteiger partial charge in [-0.2, -0.15) is 0 Å². The van der Waals surface area contributed by atoms with Crippen LogP contribution in [0.5, 0.6) is 0 Å². The summed E-state index contributed by atoms with van der Waals surface area (Å²) in [7, 11) is 0. The molecule has 1 aliphatic heterocycles. The summed E-state index contributed by atoms with van der Waals surface area (Å²) in [4.78, 5) is 36.5. The number of ether oxygens (including phenoxy) is 1. The van der Waals surface area contributed by atoms with Gasteiger partial charge in [0.05, 0.1) is 13.0 Å². The third-order valence-corrected chi connectivity index (χ3v) is 4.88. The highest BCUT2D eigenvalue weighted by Crippen LogP contribution is 2.25. The Labute approximate surface area is 170 Å². The lowest BCUT2D eigenvalue weighted by atomic mass is 9.96. The van der Waals surface area contributed by atoms with E-state index < -0.39 is 24.0 Å². The second kappa shape index (κ2) is 10.8. The van der Waals surface area contributed by atoms with Crippen molar-refractivity contribution in [3.8, 4) is 0 Å². The minimum absolute atomic E-state index is 0.0316. The van der Waals surface area contributed by atoms with E-state index in [-0.39, 0.29) is 25.3 Å². The van der Waals surface area contributed by atoms with Gasteiger partial charge in [-0.25, -0.2) is 9.59 Å². The summed E-state index contributed by atoms with van der Waals surface area (Å²) in [5.74, 6) is -1.63. The van der Waals surface area contributed by atoms with E-state index in [4.69, 9.17) is 9.84 Å². The quantitative estimate of drug-likeness (QED) is 0.549. The van der Waals surface area contributed by atoms with Crippen LogP contribution >= 0.6 is 0 Å². The van der Waals surface area contributed by atoms with Crippen LogP contribution in [0.25, 0.3) is 0 Å². The number of hydrogen-bond acceptors (Lipinski definition) is 4.